The number of nitrogens with zero attached hydrogens (tertiary/aromatic N) is 2. The van der Waals surface area contributed by atoms with Crippen LogP contribution < -0.4 is 0 Å². The predicted molar refractivity (Wildman–Crippen MR) is 101 cm³/mol. The van der Waals surface area contributed by atoms with Gasteiger partial charge in [0.15, 0.2) is 0 Å². The van der Waals surface area contributed by atoms with Crippen molar-refractivity contribution in [1.29, 1.82) is 0 Å². The molecule has 0 N–H and O–H groups in total. The zero-order valence-electron chi connectivity index (χ0n) is 15.5. The van der Waals surface area contributed by atoms with E-state index in [4.69, 9.17) is 0 Å². The Morgan fingerprint density at radius 2 is 1.70 bits per heavy atom. The average Bonchev–Trinajstić information content (AvgIpc) is 2.87. The quantitative estimate of drug-likeness (QED) is 0.812. The van der Waals surface area contributed by atoms with E-state index in [0.717, 1.165) is 22.3 Å². The number of halogens is 1. The highest BCUT2D eigenvalue weighted by atomic mass is 32.2. The molecule has 1 amide bonds. The van der Waals surface area contributed by atoms with Crippen LogP contribution in [0.25, 0.3) is 11.1 Å². The van der Waals surface area contributed by atoms with Crippen LogP contribution in [0.4, 0.5) is 4.39 Å². The lowest BCUT2D eigenvalue weighted by atomic mass is 9.97. The molecule has 0 radical (unpaired) electrons. The minimum atomic E-state index is -3.77. The van der Waals surface area contributed by atoms with Gasteiger partial charge in [-0.3, -0.25) is 4.79 Å². The number of amides is 1. The molecule has 5 nitrogen and oxygen atoms in total. The normalized spacial score (nSPS) is 17.9. The van der Waals surface area contributed by atoms with Gasteiger partial charge in [-0.2, -0.15) is 4.31 Å². The van der Waals surface area contributed by atoms with E-state index in [9.17, 15) is 17.6 Å². The predicted octanol–water partition coefficient (Wildman–Crippen LogP) is 2.90. The van der Waals surface area contributed by atoms with Crippen LogP contribution in [0.15, 0.2) is 35.2 Å². The third-order valence-corrected chi connectivity index (χ3v) is 7.29. The fraction of sp³-hybridized carbons (Fsp3) is 0.350. The minimum absolute atomic E-state index is 0.0287. The van der Waals surface area contributed by atoms with E-state index in [1.807, 2.05) is 26.0 Å². The number of sulfonamides is 1. The van der Waals surface area contributed by atoms with Crippen LogP contribution in [-0.4, -0.2) is 49.8 Å². The van der Waals surface area contributed by atoms with Crippen LogP contribution in [-0.2, 0) is 16.6 Å². The second kappa shape index (κ2) is 6.14. The topological polar surface area (TPSA) is 57.7 Å². The van der Waals surface area contributed by atoms with Crippen molar-refractivity contribution in [3.63, 3.8) is 0 Å². The van der Waals surface area contributed by atoms with Crippen LogP contribution in [0.5, 0.6) is 0 Å². The molecule has 0 saturated carbocycles. The summed E-state index contributed by atoms with van der Waals surface area (Å²) < 4.78 is 40.5. The van der Waals surface area contributed by atoms with Gasteiger partial charge in [0.2, 0.25) is 10.0 Å². The summed E-state index contributed by atoms with van der Waals surface area (Å²) >= 11 is 0. The number of aryl methyl sites for hydroxylation is 2. The van der Waals surface area contributed by atoms with Crippen molar-refractivity contribution in [2.24, 2.45) is 0 Å². The molecule has 1 saturated heterocycles. The molecule has 0 bridgehead atoms. The fourth-order valence-electron chi connectivity index (χ4n) is 3.59. The first-order chi connectivity index (χ1) is 12.7. The molecule has 7 heteroatoms. The third kappa shape index (κ3) is 2.85. The highest BCUT2D eigenvalue weighted by molar-refractivity contribution is 7.89. The van der Waals surface area contributed by atoms with E-state index in [1.165, 1.54) is 4.31 Å². The molecule has 0 aliphatic carbocycles. The molecular weight excluding hydrogens is 367 g/mol. The van der Waals surface area contributed by atoms with Crippen LogP contribution in [0.2, 0.25) is 0 Å². The van der Waals surface area contributed by atoms with Crippen LogP contribution in [0.3, 0.4) is 0 Å². The Balaban J connectivity index is 1.86. The molecule has 2 aliphatic heterocycles. The molecule has 2 aliphatic rings. The van der Waals surface area contributed by atoms with Crippen molar-refractivity contribution < 1.29 is 17.6 Å². The summed E-state index contributed by atoms with van der Waals surface area (Å²) in [6.07, 6.45) is -1.10. The highest BCUT2D eigenvalue weighted by Gasteiger charge is 2.38. The van der Waals surface area contributed by atoms with Gasteiger partial charge in [-0.1, -0.05) is 6.07 Å². The fourth-order valence-corrected chi connectivity index (χ4v) is 5.36. The van der Waals surface area contributed by atoms with E-state index >= 15 is 0 Å². The number of rotatable bonds is 3. The van der Waals surface area contributed by atoms with E-state index in [2.05, 4.69) is 0 Å². The Bertz CT molecular complexity index is 1060. The summed E-state index contributed by atoms with van der Waals surface area (Å²) in [6, 6.07) is 8.94. The van der Waals surface area contributed by atoms with Crippen LogP contribution in [0, 0.1) is 13.8 Å². The number of carbonyl (C=O) groups is 1. The molecule has 27 heavy (non-hydrogen) atoms. The Hall–Kier alpha value is -2.25. The highest BCUT2D eigenvalue weighted by Crippen LogP contribution is 2.36. The van der Waals surface area contributed by atoms with E-state index in [1.54, 1.807) is 30.1 Å². The van der Waals surface area contributed by atoms with E-state index < -0.39 is 16.2 Å². The van der Waals surface area contributed by atoms with Gasteiger partial charge in [0.05, 0.1) is 4.90 Å². The second-order valence-electron chi connectivity index (χ2n) is 7.39. The second-order valence-corrected chi connectivity index (χ2v) is 9.29. The first kappa shape index (κ1) is 18.1. The largest absolute Gasteiger partial charge is 0.337 e. The van der Waals surface area contributed by atoms with Crippen molar-refractivity contribution in [1.82, 2.24) is 9.21 Å². The maximum atomic E-state index is 13.3. The Morgan fingerprint density at radius 1 is 1.04 bits per heavy atom. The standard InChI is InChI=1S/C20H21FN2O3S/c1-12-6-18(14-4-5-17-15(8-14)9-22(3)20(17)24)19(7-13(12)2)27(25,26)23-10-16(21)11-23/h4-8,16H,9-11H2,1-3H3. The van der Waals surface area contributed by atoms with Gasteiger partial charge in [0.25, 0.3) is 5.91 Å². The number of alkyl halides is 1. The Kier molecular flexibility index (Phi) is 4.12. The third-order valence-electron chi connectivity index (χ3n) is 5.42. The number of hydrogen-bond acceptors (Lipinski definition) is 3. The summed E-state index contributed by atoms with van der Waals surface area (Å²) in [5.41, 5.74) is 4.71. The molecule has 142 valence electrons. The summed E-state index contributed by atoms with van der Waals surface area (Å²) in [5.74, 6) is -0.0287. The molecule has 2 aromatic rings. The lowest BCUT2D eigenvalue weighted by Crippen LogP contribution is -2.51. The van der Waals surface area contributed by atoms with Crippen molar-refractivity contribution >= 4 is 15.9 Å². The molecule has 2 aromatic carbocycles. The van der Waals surface area contributed by atoms with E-state index in [-0.39, 0.29) is 23.9 Å². The maximum absolute atomic E-state index is 13.3. The van der Waals surface area contributed by atoms with Crippen molar-refractivity contribution in [2.45, 2.75) is 31.5 Å². The number of fused-ring (bicyclic) bond motifs is 1. The molecule has 0 spiro atoms. The lowest BCUT2D eigenvalue weighted by Gasteiger charge is -2.33. The molecule has 0 unspecified atom stereocenters. The van der Waals surface area contributed by atoms with Crippen molar-refractivity contribution in [2.75, 3.05) is 20.1 Å². The SMILES string of the molecule is Cc1cc(-c2ccc3c(c2)CN(C)C3=O)c(S(=O)(=O)N2CC(F)C2)cc1C. The average molecular weight is 388 g/mol. The molecule has 2 heterocycles. The maximum Gasteiger partial charge on any atom is 0.254 e. The molecule has 1 fully saturated rings. The van der Waals surface area contributed by atoms with Gasteiger partial charge in [0.1, 0.15) is 6.17 Å². The summed E-state index contributed by atoms with van der Waals surface area (Å²) in [7, 11) is -2.03. The van der Waals surface area contributed by atoms with Gasteiger partial charge in [-0.15, -0.1) is 0 Å². The van der Waals surface area contributed by atoms with Crippen molar-refractivity contribution in [3.05, 3.63) is 52.6 Å². The first-order valence-corrected chi connectivity index (χ1v) is 10.3. The summed E-state index contributed by atoms with van der Waals surface area (Å²) in [6.45, 7) is 4.10. The van der Waals surface area contributed by atoms with Gasteiger partial charge >= 0.3 is 0 Å². The smallest absolute Gasteiger partial charge is 0.254 e. The Morgan fingerprint density at radius 3 is 2.37 bits per heavy atom. The van der Waals surface area contributed by atoms with Gasteiger partial charge in [0, 0.05) is 37.8 Å². The number of carbonyl (C=O) groups excluding carboxylic acids is 1. The van der Waals surface area contributed by atoms with Gasteiger partial charge < -0.3 is 4.90 Å². The lowest BCUT2D eigenvalue weighted by molar-refractivity contribution is 0.0816. The zero-order chi connectivity index (χ0) is 19.5. The van der Waals surface area contributed by atoms with Gasteiger partial charge in [-0.05, 0) is 60.4 Å². The molecule has 4 rings (SSSR count). The minimum Gasteiger partial charge on any atom is -0.337 e. The monoisotopic (exact) mass is 388 g/mol. The number of hydrogen-bond donors (Lipinski definition) is 0. The zero-order valence-corrected chi connectivity index (χ0v) is 16.3. The van der Waals surface area contributed by atoms with Crippen LogP contribution >= 0.6 is 0 Å². The molecule has 0 atom stereocenters. The molecular formula is C20H21FN2O3S. The van der Waals surface area contributed by atoms with Gasteiger partial charge in [-0.25, -0.2) is 12.8 Å². The number of benzene rings is 2. The van der Waals surface area contributed by atoms with E-state index in [0.29, 0.717) is 17.7 Å². The summed E-state index contributed by atoms with van der Waals surface area (Å²) in [4.78, 5) is 13.9. The van der Waals surface area contributed by atoms with Crippen LogP contribution in [0.1, 0.15) is 27.0 Å². The molecule has 0 aromatic heterocycles. The summed E-state index contributed by atoms with van der Waals surface area (Å²) in [5, 5.41) is 0. The first-order valence-electron chi connectivity index (χ1n) is 8.82. The Labute approximate surface area is 158 Å². The van der Waals surface area contributed by atoms with Crippen molar-refractivity contribution in [3.8, 4) is 11.1 Å².